The van der Waals surface area contributed by atoms with Gasteiger partial charge in [0.25, 0.3) is 0 Å². The number of amides is 1. The summed E-state index contributed by atoms with van der Waals surface area (Å²) in [6.07, 6.45) is 3.79. The van der Waals surface area contributed by atoms with E-state index in [4.69, 9.17) is 22.1 Å². The molecular formula is C15H21ClN2O2. The number of hydrogen-bond acceptors (Lipinski definition) is 3. The first-order chi connectivity index (χ1) is 9.56. The molecule has 1 amide bonds. The Kier molecular flexibility index (Phi) is 5.26. The largest absolute Gasteiger partial charge is 0.449 e. The average Bonchev–Trinajstić information content (AvgIpc) is 2.80. The van der Waals surface area contributed by atoms with Crippen LogP contribution in [0, 0.1) is 12.8 Å². The van der Waals surface area contributed by atoms with E-state index in [1.54, 1.807) is 12.1 Å². The molecule has 0 spiro atoms. The lowest BCUT2D eigenvalue weighted by molar-refractivity contribution is 0.152. The first-order valence-electron chi connectivity index (χ1n) is 7.02. The van der Waals surface area contributed by atoms with Crippen molar-refractivity contribution < 1.29 is 9.53 Å². The zero-order valence-corrected chi connectivity index (χ0v) is 12.5. The highest BCUT2D eigenvalue weighted by atomic mass is 35.5. The molecule has 1 aliphatic carbocycles. The summed E-state index contributed by atoms with van der Waals surface area (Å²) in [7, 11) is 0. The number of anilines is 1. The van der Waals surface area contributed by atoms with Gasteiger partial charge < -0.3 is 10.5 Å². The normalized spacial score (nSPS) is 21.8. The van der Waals surface area contributed by atoms with E-state index in [-0.39, 0.29) is 6.04 Å². The SMILES string of the molecule is Cc1ccc(NC(=O)OCCC2CCCC2N)cc1Cl. The Balaban J connectivity index is 1.73. The molecular weight excluding hydrogens is 276 g/mol. The number of ether oxygens (including phenoxy) is 1. The number of carbonyl (C=O) groups excluding carboxylic acids is 1. The highest BCUT2D eigenvalue weighted by molar-refractivity contribution is 6.31. The van der Waals surface area contributed by atoms with Gasteiger partial charge in [-0.05, 0) is 49.8 Å². The van der Waals surface area contributed by atoms with Crippen molar-refractivity contribution in [2.75, 3.05) is 11.9 Å². The van der Waals surface area contributed by atoms with E-state index >= 15 is 0 Å². The van der Waals surface area contributed by atoms with Gasteiger partial charge in [-0.2, -0.15) is 0 Å². The van der Waals surface area contributed by atoms with Crippen molar-refractivity contribution in [1.82, 2.24) is 0 Å². The minimum atomic E-state index is -0.448. The molecule has 4 nitrogen and oxygen atoms in total. The van der Waals surface area contributed by atoms with Gasteiger partial charge in [0.15, 0.2) is 0 Å². The van der Waals surface area contributed by atoms with E-state index < -0.39 is 6.09 Å². The Morgan fingerprint density at radius 1 is 1.50 bits per heavy atom. The van der Waals surface area contributed by atoms with E-state index in [0.29, 0.717) is 23.2 Å². The number of benzene rings is 1. The summed E-state index contributed by atoms with van der Waals surface area (Å²) in [6, 6.07) is 5.63. The lowest BCUT2D eigenvalue weighted by Gasteiger charge is -2.15. The second-order valence-electron chi connectivity index (χ2n) is 5.37. The fourth-order valence-electron chi connectivity index (χ4n) is 2.55. The first kappa shape index (κ1) is 15.1. The van der Waals surface area contributed by atoms with Crippen LogP contribution in [0.1, 0.15) is 31.2 Å². The van der Waals surface area contributed by atoms with Crippen molar-refractivity contribution >= 4 is 23.4 Å². The van der Waals surface area contributed by atoms with Crippen molar-refractivity contribution in [3.05, 3.63) is 28.8 Å². The molecule has 1 saturated carbocycles. The predicted molar refractivity (Wildman–Crippen MR) is 81.1 cm³/mol. The molecule has 20 heavy (non-hydrogen) atoms. The first-order valence-corrected chi connectivity index (χ1v) is 7.39. The molecule has 3 N–H and O–H groups in total. The summed E-state index contributed by atoms with van der Waals surface area (Å²) in [5.41, 5.74) is 7.59. The number of aryl methyl sites for hydroxylation is 1. The van der Waals surface area contributed by atoms with Crippen LogP contribution in [-0.2, 0) is 4.74 Å². The van der Waals surface area contributed by atoms with Crippen LogP contribution in [0.25, 0.3) is 0 Å². The fourth-order valence-corrected chi connectivity index (χ4v) is 2.73. The number of nitrogens with one attached hydrogen (secondary N) is 1. The summed E-state index contributed by atoms with van der Waals surface area (Å²) < 4.78 is 5.18. The zero-order valence-electron chi connectivity index (χ0n) is 11.7. The number of carbonyl (C=O) groups is 1. The molecule has 0 aliphatic heterocycles. The van der Waals surface area contributed by atoms with Gasteiger partial charge in [-0.25, -0.2) is 4.79 Å². The van der Waals surface area contributed by atoms with Crippen molar-refractivity contribution in [2.45, 2.75) is 38.6 Å². The lowest BCUT2D eigenvalue weighted by atomic mass is 10.0. The maximum atomic E-state index is 11.7. The zero-order chi connectivity index (χ0) is 14.5. The third-order valence-electron chi connectivity index (χ3n) is 3.86. The molecule has 1 aromatic rings. The summed E-state index contributed by atoms with van der Waals surface area (Å²) >= 11 is 6.00. The quantitative estimate of drug-likeness (QED) is 0.890. The molecule has 2 atom stereocenters. The fraction of sp³-hybridized carbons (Fsp3) is 0.533. The molecule has 0 aromatic heterocycles. The van der Waals surface area contributed by atoms with E-state index in [2.05, 4.69) is 5.32 Å². The van der Waals surface area contributed by atoms with Crippen LogP contribution in [0.4, 0.5) is 10.5 Å². The number of rotatable bonds is 4. The molecule has 110 valence electrons. The summed E-state index contributed by atoms with van der Waals surface area (Å²) in [6.45, 7) is 2.32. The van der Waals surface area contributed by atoms with Gasteiger partial charge >= 0.3 is 6.09 Å². The Morgan fingerprint density at radius 3 is 2.95 bits per heavy atom. The van der Waals surface area contributed by atoms with Crippen molar-refractivity contribution in [2.24, 2.45) is 11.7 Å². The lowest BCUT2D eigenvalue weighted by Crippen LogP contribution is -2.26. The highest BCUT2D eigenvalue weighted by Gasteiger charge is 2.23. The molecule has 1 aliphatic rings. The number of halogens is 1. The van der Waals surface area contributed by atoms with Crippen LogP contribution in [0.3, 0.4) is 0 Å². The second kappa shape index (κ2) is 6.95. The summed E-state index contributed by atoms with van der Waals surface area (Å²) in [4.78, 5) is 11.7. The molecule has 5 heteroatoms. The molecule has 0 radical (unpaired) electrons. The Labute approximate surface area is 124 Å². The minimum absolute atomic E-state index is 0.262. The molecule has 1 fully saturated rings. The summed E-state index contributed by atoms with van der Waals surface area (Å²) in [5, 5.41) is 3.29. The van der Waals surface area contributed by atoms with Crippen LogP contribution < -0.4 is 11.1 Å². The van der Waals surface area contributed by atoms with Gasteiger partial charge in [0.05, 0.1) is 6.61 Å². The van der Waals surface area contributed by atoms with Crippen LogP contribution in [0.2, 0.25) is 5.02 Å². The maximum absolute atomic E-state index is 11.7. The topological polar surface area (TPSA) is 64.3 Å². The van der Waals surface area contributed by atoms with Crippen molar-refractivity contribution in [1.29, 1.82) is 0 Å². The number of hydrogen-bond donors (Lipinski definition) is 2. The standard InChI is InChI=1S/C15H21ClN2O2/c1-10-5-6-12(9-13(10)16)18-15(19)20-8-7-11-3-2-4-14(11)17/h5-6,9,11,14H,2-4,7-8,17H2,1H3,(H,18,19). The van der Waals surface area contributed by atoms with Gasteiger partial charge in [-0.15, -0.1) is 0 Å². The molecule has 0 bridgehead atoms. The maximum Gasteiger partial charge on any atom is 0.411 e. The Morgan fingerprint density at radius 2 is 2.30 bits per heavy atom. The van der Waals surface area contributed by atoms with E-state index in [1.165, 1.54) is 6.42 Å². The van der Waals surface area contributed by atoms with E-state index in [1.807, 2.05) is 13.0 Å². The van der Waals surface area contributed by atoms with Gasteiger partial charge in [-0.1, -0.05) is 24.1 Å². The van der Waals surface area contributed by atoms with Crippen molar-refractivity contribution in [3.63, 3.8) is 0 Å². The van der Waals surface area contributed by atoms with Crippen LogP contribution in [-0.4, -0.2) is 18.7 Å². The van der Waals surface area contributed by atoms with Gasteiger partial charge in [-0.3, -0.25) is 5.32 Å². The third-order valence-corrected chi connectivity index (χ3v) is 4.27. The molecule has 2 rings (SSSR count). The molecule has 1 aromatic carbocycles. The van der Waals surface area contributed by atoms with Crippen LogP contribution >= 0.6 is 11.6 Å². The van der Waals surface area contributed by atoms with Crippen LogP contribution in [0.15, 0.2) is 18.2 Å². The van der Waals surface area contributed by atoms with Gasteiger partial charge in [0.1, 0.15) is 0 Å². The number of nitrogens with two attached hydrogens (primary N) is 1. The molecule has 0 heterocycles. The third kappa shape index (κ3) is 4.12. The van der Waals surface area contributed by atoms with Gasteiger partial charge in [0.2, 0.25) is 0 Å². The minimum Gasteiger partial charge on any atom is -0.449 e. The molecule has 0 saturated heterocycles. The Bertz CT molecular complexity index is 479. The molecule has 2 unspecified atom stereocenters. The predicted octanol–water partition coefficient (Wildman–Crippen LogP) is 3.71. The summed E-state index contributed by atoms with van der Waals surface area (Å²) in [5.74, 6) is 0.483. The monoisotopic (exact) mass is 296 g/mol. The average molecular weight is 297 g/mol. The van der Waals surface area contributed by atoms with Gasteiger partial charge in [0, 0.05) is 16.8 Å². The Hall–Kier alpha value is -1.26. The van der Waals surface area contributed by atoms with Crippen molar-refractivity contribution in [3.8, 4) is 0 Å². The van der Waals surface area contributed by atoms with Crippen LogP contribution in [0.5, 0.6) is 0 Å². The smallest absolute Gasteiger partial charge is 0.411 e. The van der Waals surface area contributed by atoms with E-state index in [9.17, 15) is 4.79 Å². The second-order valence-corrected chi connectivity index (χ2v) is 5.78. The highest BCUT2D eigenvalue weighted by Crippen LogP contribution is 2.26. The van der Waals surface area contributed by atoms with E-state index in [0.717, 1.165) is 24.8 Å².